The Balaban J connectivity index is 1.97. The van der Waals surface area contributed by atoms with E-state index >= 15 is 0 Å². The minimum atomic E-state index is -1.95. The Kier molecular flexibility index (Phi) is 4.86. The first kappa shape index (κ1) is 18.2. The number of hydrogen-bond donors (Lipinski definition) is 1. The van der Waals surface area contributed by atoms with E-state index in [9.17, 15) is 14.7 Å². The van der Waals surface area contributed by atoms with Crippen LogP contribution in [0.25, 0.3) is 0 Å². The third kappa shape index (κ3) is 3.00. The lowest BCUT2D eigenvalue weighted by Gasteiger charge is -2.22. The smallest absolute Gasteiger partial charge is 0.265 e. The first-order chi connectivity index (χ1) is 12.4. The number of carbonyl (C=O) groups excluding carboxylic acids is 2. The molecule has 0 aliphatic carbocycles. The lowest BCUT2D eigenvalue weighted by molar-refractivity contribution is -0.135. The van der Waals surface area contributed by atoms with Crippen LogP contribution in [0.2, 0.25) is 0 Å². The highest BCUT2D eigenvalue weighted by Gasteiger charge is 2.50. The molecular weight excluding hydrogens is 398 g/mol. The molecule has 0 saturated heterocycles. The predicted molar refractivity (Wildman–Crippen MR) is 101 cm³/mol. The van der Waals surface area contributed by atoms with Crippen LogP contribution in [0.5, 0.6) is 5.75 Å². The second-order valence-electron chi connectivity index (χ2n) is 5.95. The van der Waals surface area contributed by atoms with Gasteiger partial charge in [-0.2, -0.15) is 0 Å². The normalized spacial score (nSPS) is 18.4. The molecule has 1 atom stereocenters. The minimum absolute atomic E-state index is 0.0203. The number of anilines is 1. The Morgan fingerprint density at radius 2 is 2.00 bits per heavy atom. The Morgan fingerprint density at radius 3 is 2.62 bits per heavy atom. The highest BCUT2D eigenvalue weighted by molar-refractivity contribution is 9.10. The van der Waals surface area contributed by atoms with Gasteiger partial charge in [-0.3, -0.25) is 14.5 Å². The first-order valence-electron chi connectivity index (χ1n) is 7.86. The van der Waals surface area contributed by atoms with Crippen molar-refractivity contribution in [1.82, 2.24) is 0 Å². The van der Waals surface area contributed by atoms with Crippen LogP contribution in [0.3, 0.4) is 0 Å². The highest BCUT2D eigenvalue weighted by Crippen LogP contribution is 2.44. The van der Waals surface area contributed by atoms with Crippen molar-refractivity contribution in [3.63, 3.8) is 0 Å². The molecule has 1 N–H and O–H groups in total. The minimum Gasteiger partial charge on any atom is -0.497 e. The quantitative estimate of drug-likeness (QED) is 0.604. The zero-order valence-electron chi connectivity index (χ0n) is 14.0. The maximum absolute atomic E-state index is 12.8. The maximum Gasteiger partial charge on any atom is 0.265 e. The van der Waals surface area contributed by atoms with Crippen molar-refractivity contribution in [2.24, 2.45) is 0 Å². The summed E-state index contributed by atoms with van der Waals surface area (Å²) < 4.78 is 5.77. The third-order valence-electron chi connectivity index (χ3n) is 4.37. The van der Waals surface area contributed by atoms with Gasteiger partial charge in [0.2, 0.25) is 0 Å². The van der Waals surface area contributed by atoms with E-state index < -0.39 is 11.5 Å². The fraction of sp³-hybridized carbons (Fsp3) is 0.200. The van der Waals surface area contributed by atoms with Crippen LogP contribution >= 0.6 is 15.9 Å². The largest absolute Gasteiger partial charge is 0.497 e. The molecule has 0 saturated carbocycles. The zero-order valence-corrected chi connectivity index (χ0v) is 15.6. The molecule has 0 fully saturated rings. The average molecular weight is 414 g/mol. The molecule has 0 radical (unpaired) electrons. The van der Waals surface area contributed by atoms with Crippen LogP contribution in [0.15, 0.2) is 46.9 Å². The average Bonchev–Trinajstić information content (AvgIpc) is 2.84. The van der Waals surface area contributed by atoms with Crippen molar-refractivity contribution in [3.8, 4) is 18.1 Å². The van der Waals surface area contributed by atoms with Gasteiger partial charge in [0.1, 0.15) is 5.75 Å². The molecule has 132 valence electrons. The van der Waals surface area contributed by atoms with Gasteiger partial charge in [-0.05, 0) is 42.5 Å². The lowest BCUT2D eigenvalue weighted by Crippen LogP contribution is -2.42. The number of amides is 1. The number of methoxy groups -OCH3 is 1. The van der Waals surface area contributed by atoms with Crippen LogP contribution in [0, 0.1) is 12.3 Å². The Hall–Kier alpha value is -2.62. The molecule has 0 spiro atoms. The topological polar surface area (TPSA) is 66.8 Å². The number of ketones is 1. The molecule has 26 heavy (non-hydrogen) atoms. The molecule has 1 aliphatic heterocycles. The van der Waals surface area contributed by atoms with Crippen molar-refractivity contribution >= 4 is 33.3 Å². The monoisotopic (exact) mass is 413 g/mol. The summed E-state index contributed by atoms with van der Waals surface area (Å²) in [5.41, 5.74) is -0.679. The van der Waals surface area contributed by atoms with Gasteiger partial charge in [-0.1, -0.05) is 21.9 Å². The molecule has 1 heterocycles. The summed E-state index contributed by atoms with van der Waals surface area (Å²) in [5.74, 6) is 2.09. The molecule has 2 aromatic rings. The summed E-state index contributed by atoms with van der Waals surface area (Å²) in [5, 5.41) is 11.1. The summed E-state index contributed by atoms with van der Waals surface area (Å²) in [4.78, 5) is 26.9. The molecule has 0 aromatic heterocycles. The van der Waals surface area contributed by atoms with E-state index in [0.29, 0.717) is 27.0 Å². The third-order valence-corrected chi connectivity index (χ3v) is 4.86. The van der Waals surface area contributed by atoms with Gasteiger partial charge in [0.05, 0.1) is 25.8 Å². The van der Waals surface area contributed by atoms with Gasteiger partial charge < -0.3 is 9.84 Å². The predicted octanol–water partition coefficient (Wildman–Crippen LogP) is 2.90. The van der Waals surface area contributed by atoms with Gasteiger partial charge in [0.15, 0.2) is 11.4 Å². The van der Waals surface area contributed by atoms with Gasteiger partial charge in [-0.25, -0.2) is 0 Å². The van der Waals surface area contributed by atoms with Crippen molar-refractivity contribution in [3.05, 3.63) is 58.1 Å². The first-order valence-corrected chi connectivity index (χ1v) is 8.65. The van der Waals surface area contributed by atoms with Gasteiger partial charge >= 0.3 is 0 Å². The van der Waals surface area contributed by atoms with Crippen molar-refractivity contribution in [2.45, 2.75) is 12.0 Å². The molecule has 6 heteroatoms. The summed E-state index contributed by atoms with van der Waals surface area (Å²) in [7, 11) is 1.53. The van der Waals surface area contributed by atoms with Crippen LogP contribution < -0.4 is 9.64 Å². The molecular formula is C20H16BrNO4. The number of hydrogen-bond acceptors (Lipinski definition) is 4. The van der Waals surface area contributed by atoms with Crippen molar-refractivity contribution in [2.75, 3.05) is 18.6 Å². The Bertz CT molecular complexity index is 916. The van der Waals surface area contributed by atoms with E-state index in [1.54, 1.807) is 42.5 Å². The van der Waals surface area contributed by atoms with Crippen LogP contribution in [0.1, 0.15) is 22.3 Å². The molecule has 0 bridgehead atoms. The highest BCUT2D eigenvalue weighted by atomic mass is 79.9. The van der Waals surface area contributed by atoms with Gasteiger partial charge in [0, 0.05) is 15.6 Å². The standard InChI is InChI=1S/C20H16BrNO4/c1-3-10-22-17-9-6-14(21)11-16(17)20(25,19(22)24)12-18(23)13-4-7-15(26-2)8-5-13/h1,4-9,11,25H,10,12H2,2H3/t20-/m0/s1. The zero-order chi connectivity index (χ0) is 18.9. The Morgan fingerprint density at radius 1 is 1.31 bits per heavy atom. The van der Waals surface area contributed by atoms with Gasteiger partial charge in [0.25, 0.3) is 5.91 Å². The molecule has 2 aromatic carbocycles. The van der Waals surface area contributed by atoms with E-state index in [1.807, 2.05) is 0 Å². The fourth-order valence-corrected chi connectivity index (χ4v) is 3.41. The number of fused-ring (bicyclic) bond motifs is 1. The molecule has 0 unspecified atom stereocenters. The number of nitrogens with zero attached hydrogens (tertiary/aromatic N) is 1. The van der Waals surface area contributed by atoms with Crippen LogP contribution in [-0.4, -0.2) is 30.5 Å². The molecule has 1 aliphatic rings. The Labute approximate surface area is 159 Å². The number of terminal acetylenes is 1. The summed E-state index contributed by atoms with van der Waals surface area (Å²) in [6, 6.07) is 11.6. The fourth-order valence-electron chi connectivity index (χ4n) is 3.05. The summed E-state index contributed by atoms with van der Waals surface area (Å²) in [6.45, 7) is 0.0203. The number of rotatable bonds is 5. The van der Waals surface area contributed by atoms with E-state index in [0.717, 1.165) is 0 Å². The van der Waals surface area contributed by atoms with Crippen molar-refractivity contribution in [1.29, 1.82) is 0 Å². The molecule has 5 nitrogen and oxygen atoms in total. The lowest BCUT2D eigenvalue weighted by atomic mass is 9.88. The van der Waals surface area contributed by atoms with E-state index in [2.05, 4.69) is 21.9 Å². The summed E-state index contributed by atoms with van der Waals surface area (Å²) in [6.07, 6.45) is 4.98. The maximum atomic E-state index is 12.8. The number of benzene rings is 2. The molecule has 1 amide bonds. The number of ether oxygens (including phenoxy) is 1. The number of halogens is 1. The van der Waals surface area contributed by atoms with E-state index in [1.165, 1.54) is 12.0 Å². The number of aliphatic hydroxyl groups is 1. The number of Topliss-reactive ketones (excluding diaryl/α,β-unsaturated/α-hetero) is 1. The van der Waals surface area contributed by atoms with Gasteiger partial charge in [-0.15, -0.1) is 6.42 Å². The van der Waals surface area contributed by atoms with Crippen molar-refractivity contribution < 1.29 is 19.4 Å². The van der Waals surface area contributed by atoms with E-state index in [-0.39, 0.29) is 18.7 Å². The summed E-state index contributed by atoms with van der Waals surface area (Å²) >= 11 is 3.34. The van der Waals surface area contributed by atoms with E-state index in [4.69, 9.17) is 11.2 Å². The van der Waals surface area contributed by atoms with Crippen LogP contribution in [0.4, 0.5) is 5.69 Å². The second-order valence-corrected chi connectivity index (χ2v) is 6.86. The van der Waals surface area contributed by atoms with Crippen LogP contribution in [-0.2, 0) is 10.4 Å². The SMILES string of the molecule is C#CCN1C(=O)[C@](O)(CC(=O)c2ccc(OC)cc2)c2cc(Br)ccc21. The second kappa shape index (κ2) is 6.94. The molecule has 3 rings (SSSR count). The number of carbonyl (C=O) groups is 2.